The summed E-state index contributed by atoms with van der Waals surface area (Å²) >= 11 is 1.81. The van der Waals surface area contributed by atoms with Crippen LogP contribution in [0.1, 0.15) is 19.3 Å². The molecule has 2 amide bonds. The molecule has 0 aromatic rings. The quantitative estimate of drug-likeness (QED) is 0.545. The molecule has 3 N–H and O–H groups in total. The van der Waals surface area contributed by atoms with Crippen LogP contribution in [0.15, 0.2) is 0 Å². The summed E-state index contributed by atoms with van der Waals surface area (Å²) in [7, 11) is 0. The molecule has 5 nitrogen and oxygen atoms in total. The number of carboxylic acid groups (broad SMARTS) is 1. The van der Waals surface area contributed by atoms with Gasteiger partial charge in [0.2, 0.25) is 0 Å². The molecule has 0 aliphatic carbocycles. The second-order valence-corrected chi connectivity index (χ2v) is 4.04. The molecule has 0 aromatic carbocycles. The highest BCUT2D eigenvalue weighted by Gasteiger charge is 2.01. The SMILES string of the molecule is CSCCCCCNC(=O)NCC(=O)O. The fraction of sp³-hybridized carbons (Fsp3) is 0.778. The number of urea groups is 1. The maximum absolute atomic E-state index is 10.9. The van der Waals surface area contributed by atoms with E-state index >= 15 is 0 Å². The first-order valence-electron chi connectivity index (χ1n) is 4.89. The molecular weight excluding hydrogens is 216 g/mol. The number of amides is 2. The van der Waals surface area contributed by atoms with E-state index in [1.807, 2.05) is 11.8 Å². The van der Waals surface area contributed by atoms with Gasteiger partial charge in [-0.05, 0) is 24.9 Å². The van der Waals surface area contributed by atoms with Gasteiger partial charge in [-0.2, -0.15) is 11.8 Å². The Bertz CT molecular complexity index is 200. The fourth-order valence-electron chi connectivity index (χ4n) is 0.968. The number of hydrogen-bond donors (Lipinski definition) is 3. The Morgan fingerprint density at radius 3 is 2.53 bits per heavy atom. The average molecular weight is 234 g/mol. The third-order valence-corrected chi connectivity index (χ3v) is 2.41. The summed E-state index contributed by atoms with van der Waals surface area (Å²) in [5.74, 6) is 0.107. The van der Waals surface area contributed by atoms with Gasteiger partial charge in [-0.25, -0.2) is 4.79 Å². The van der Waals surface area contributed by atoms with E-state index in [0.717, 1.165) is 25.0 Å². The molecule has 0 heterocycles. The molecule has 0 radical (unpaired) electrons. The maximum atomic E-state index is 10.9. The number of thioether (sulfide) groups is 1. The van der Waals surface area contributed by atoms with Crippen molar-refractivity contribution in [1.82, 2.24) is 10.6 Å². The summed E-state index contributed by atoms with van der Waals surface area (Å²) in [6, 6.07) is -0.415. The van der Waals surface area contributed by atoms with E-state index < -0.39 is 12.0 Å². The molecule has 0 saturated heterocycles. The average Bonchev–Trinajstić information content (AvgIpc) is 2.20. The third-order valence-electron chi connectivity index (χ3n) is 1.71. The maximum Gasteiger partial charge on any atom is 0.323 e. The van der Waals surface area contributed by atoms with Crippen molar-refractivity contribution in [2.45, 2.75) is 19.3 Å². The first kappa shape index (κ1) is 14.1. The Morgan fingerprint density at radius 2 is 1.93 bits per heavy atom. The summed E-state index contributed by atoms with van der Waals surface area (Å²) in [6.45, 7) is 0.262. The van der Waals surface area contributed by atoms with Crippen molar-refractivity contribution >= 4 is 23.8 Å². The van der Waals surface area contributed by atoms with Gasteiger partial charge in [-0.1, -0.05) is 6.42 Å². The van der Waals surface area contributed by atoms with E-state index in [-0.39, 0.29) is 6.54 Å². The number of aliphatic carboxylic acids is 1. The van der Waals surface area contributed by atoms with Gasteiger partial charge in [0.25, 0.3) is 0 Å². The van der Waals surface area contributed by atoms with E-state index in [4.69, 9.17) is 5.11 Å². The van der Waals surface area contributed by atoms with E-state index in [1.165, 1.54) is 0 Å². The van der Waals surface area contributed by atoms with Crippen LogP contribution in [0, 0.1) is 0 Å². The van der Waals surface area contributed by atoms with Crippen LogP contribution in [-0.2, 0) is 4.79 Å². The number of carboxylic acids is 1. The van der Waals surface area contributed by atoms with Crippen molar-refractivity contribution < 1.29 is 14.7 Å². The number of unbranched alkanes of at least 4 members (excludes halogenated alkanes) is 2. The van der Waals surface area contributed by atoms with Crippen molar-refractivity contribution in [3.8, 4) is 0 Å². The summed E-state index contributed by atoms with van der Waals surface area (Å²) < 4.78 is 0. The van der Waals surface area contributed by atoms with Crippen molar-refractivity contribution in [2.24, 2.45) is 0 Å². The molecule has 15 heavy (non-hydrogen) atoms. The van der Waals surface area contributed by atoms with Crippen molar-refractivity contribution in [1.29, 1.82) is 0 Å². The minimum atomic E-state index is -1.04. The van der Waals surface area contributed by atoms with Gasteiger partial charge in [0, 0.05) is 6.54 Å². The van der Waals surface area contributed by atoms with Crippen molar-refractivity contribution in [3.05, 3.63) is 0 Å². The Hall–Kier alpha value is -0.910. The number of rotatable bonds is 8. The summed E-state index contributed by atoms with van der Waals surface area (Å²) in [5.41, 5.74) is 0. The van der Waals surface area contributed by atoms with Gasteiger partial charge in [0.1, 0.15) is 6.54 Å². The number of carbonyl (C=O) groups excluding carboxylic acids is 1. The summed E-state index contributed by atoms with van der Waals surface area (Å²) in [4.78, 5) is 21.1. The molecule has 0 saturated carbocycles. The number of carbonyl (C=O) groups is 2. The monoisotopic (exact) mass is 234 g/mol. The van der Waals surface area contributed by atoms with Crippen LogP contribution >= 0.6 is 11.8 Å². The van der Waals surface area contributed by atoms with Crippen LogP contribution in [-0.4, -0.2) is 42.2 Å². The van der Waals surface area contributed by atoms with Crippen molar-refractivity contribution in [3.63, 3.8) is 0 Å². The number of nitrogens with one attached hydrogen (secondary N) is 2. The largest absolute Gasteiger partial charge is 0.480 e. The highest BCUT2D eigenvalue weighted by Crippen LogP contribution is 2.00. The van der Waals surface area contributed by atoms with Gasteiger partial charge in [-0.15, -0.1) is 0 Å². The normalized spacial score (nSPS) is 9.67. The molecule has 0 aliphatic heterocycles. The van der Waals surface area contributed by atoms with Gasteiger partial charge in [-0.3, -0.25) is 4.79 Å². The smallest absolute Gasteiger partial charge is 0.323 e. The number of hydrogen-bond acceptors (Lipinski definition) is 3. The van der Waals surface area contributed by atoms with Crippen LogP contribution < -0.4 is 10.6 Å². The highest BCUT2D eigenvalue weighted by molar-refractivity contribution is 7.98. The highest BCUT2D eigenvalue weighted by atomic mass is 32.2. The summed E-state index contributed by atoms with van der Waals surface area (Å²) in [6.07, 6.45) is 5.23. The van der Waals surface area contributed by atoms with E-state index in [9.17, 15) is 9.59 Å². The predicted molar refractivity (Wildman–Crippen MR) is 61.3 cm³/mol. The molecule has 0 spiro atoms. The Morgan fingerprint density at radius 1 is 1.20 bits per heavy atom. The standard InChI is InChI=1S/C9H18N2O3S/c1-15-6-4-2-3-5-10-9(14)11-7-8(12)13/h2-7H2,1H3,(H,12,13)(H2,10,11,14). The van der Waals surface area contributed by atoms with E-state index in [2.05, 4.69) is 16.9 Å². The zero-order valence-electron chi connectivity index (χ0n) is 8.91. The summed E-state index contributed by atoms with van der Waals surface area (Å²) in [5, 5.41) is 13.1. The van der Waals surface area contributed by atoms with E-state index in [1.54, 1.807) is 0 Å². The van der Waals surface area contributed by atoms with E-state index in [0.29, 0.717) is 6.54 Å². The fourth-order valence-corrected chi connectivity index (χ4v) is 1.46. The molecule has 0 rings (SSSR count). The van der Waals surface area contributed by atoms with Gasteiger partial charge < -0.3 is 15.7 Å². The lowest BCUT2D eigenvalue weighted by molar-refractivity contribution is -0.135. The van der Waals surface area contributed by atoms with Crippen LogP contribution in [0.2, 0.25) is 0 Å². The van der Waals surface area contributed by atoms with Crippen molar-refractivity contribution in [2.75, 3.05) is 25.1 Å². The molecule has 0 fully saturated rings. The third kappa shape index (κ3) is 11.0. The Kier molecular flexibility index (Phi) is 9.05. The lowest BCUT2D eigenvalue weighted by Gasteiger charge is -2.05. The zero-order valence-corrected chi connectivity index (χ0v) is 9.73. The molecule has 0 aliphatic rings. The molecule has 0 aromatic heterocycles. The second kappa shape index (κ2) is 9.64. The zero-order chi connectivity index (χ0) is 11.5. The van der Waals surface area contributed by atoms with Crippen LogP contribution in [0.25, 0.3) is 0 Å². The molecule has 0 unspecified atom stereocenters. The second-order valence-electron chi connectivity index (χ2n) is 3.06. The van der Waals surface area contributed by atoms with Crippen LogP contribution in [0.5, 0.6) is 0 Å². The van der Waals surface area contributed by atoms with Gasteiger partial charge >= 0.3 is 12.0 Å². The first-order valence-corrected chi connectivity index (χ1v) is 6.28. The predicted octanol–water partition coefficient (Wildman–Crippen LogP) is 0.903. The lowest BCUT2D eigenvalue weighted by atomic mass is 10.2. The van der Waals surface area contributed by atoms with Gasteiger partial charge in [0.15, 0.2) is 0 Å². The molecule has 88 valence electrons. The molecule has 6 heteroatoms. The minimum absolute atomic E-state index is 0.335. The van der Waals surface area contributed by atoms with Crippen LogP contribution in [0.3, 0.4) is 0 Å². The van der Waals surface area contributed by atoms with Crippen LogP contribution in [0.4, 0.5) is 4.79 Å². The van der Waals surface area contributed by atoms with Gasteiger partial charge in [0.05, 0.1) is 0 Å². The minimum Gasteiger partial charge on any atom is -0.480 e. The molecular formula is C9H18N2O3S. The Balaban J connectivity index is 3.20. The lowest BCUT2D eigenvalue weighted by Crippen LogP contribution is -2.38. The Labute approximate surface area is 94.0 Å². The molecule has 0 bridgehead atoms. The topological polar surface area (TPSA) is 78.4 Å². The first-order chi connectivity index (χ1) is 7.16. The molecule has 0 atom stereocenters.